The lowest BCUT2D eigenvalue weighted by molar-refractivity contribution is 0.150. The summed E-state index contributed by atoms with van der Waals surface area (Å²) in [5.41, 5.74) is 1.12. The molecule has 1 rings (SSSR count). The first kappa shape index (κ1) is 8.30. The topological polar surface area (TPSA) is 56.2 Å². The van der Waals surface area contributed by atoms with Gasteiger partial charge in [-0.25, -0.2) is 0 Å². The molecule has 0 aliphatic carbocycles. The molecule has 0 saturated heterocycles. The Balaban J connectivity index is 2.41. The second-order valence-corrected chi connectivity index (χ2v) is 2.65. The molecule has 3 nitrogen and oxygen atoms in total. The van der Waals surface area contributed by atoms with Crippen molar-refractivity contribution in [3.8, 4) is 0 Å². The van der Waals surface area contributed by atoms with Crippen molar-refractivity contribution in [2.24, 2.45) is 5.92 Å². The Hall–Kier alpha value is -0.800. The summed E-state index contributed by atoms with van der Waals surface area (Å²) >= 11 is 0. The maximum Gasteiger partial charge on any atom is 0.0484 e. The molecule has 0 amide bonds. The molecule has 1 aromatic heterocycles. The van der Waals surface area contributed by atoms with Gasteiger partial charge >= 0.3 is 0 Å². The van der Waals surface area contributed by atoms with Gasteiger partial charge in [0.2, 0.25) is 0 Å². The van der Waals surface area contributed by atoms with Crippen molar-refractivity contribution in [2.45, 2.75) is 6.42 Å². The van der Waals surface area contributed by atoms with Crippen LogP contribution in [0.3, 0.4) is 0 Å². The van der Waals surface area contributed by atoms with Crippen LogP contribution in [0.5, 0.6) is 0 Å². The number of hydrogen-bond donors (Lipinski definition) is 3. The fourth-order valence-corrected chi connectivity index (χ4v) is 1.01. The number of aliphatic hydroxyl groups is 2. The highest BCUT2D eigenvalue weighted by Crippen LogP contribution is 2.06. The summed E-state index contributed by atoms with van der Waals surface area (Å²) in [5.74, 6) is -0.0224. The van der Waals surface area contributed by atoms with Crippen LogP contribution in [0.15, 0.2) is 18.5 Å². The van der Waals surface area contributed by atoms with Gasteiger partial charge in [-0.3, -0.25) is 0 Å². The molecule has 62 valence electrons. The highest BCUT2D eigenvalue weighted by atomic mass is 16.3. The molecule has 11 heavy (non-hydrogen) atoms. The highest BCUT2D eigenvalue weighted by molar-refractivity contribution is 5.08. The van der Waals surface area contributed by atoms with Crippen molar-refractivity contribution in [1.82, 2.24) is 4.98 Å². The van der Waals surface area contributed by atoms with Crippen molar-refractivity contribution < 1.29 is 10.2 Å². The molecule has 0 saturated carbocycles. The smallest absolute Gasteiger partial charge is 0.0484 e. The Bertz CT molecular complexity index is 180. The van der Waals surface area contributed by atoms with E-state index in [9.17, 15) is 0 Å². The number of rotatable bonds is 4. The van der Waals surface area contributed by atoms with Crippen LogP contribution in [0, 0.1) is 5.92 Å². The number of aromatic amines is 1. The Morgan fingerprint density at radius 2 is 2.09 bits per heavy atom. The molecule has 3 heteroatoms. The van der Waals surface area contributed by atoms with Crippen LogP contribution in [0.25, 0.3) is 0 Å². The predicted molar refractivity (Wildman–Crippen MR) is 42.2 cm³/mol. The third-order valence-electron chi connectivity index (χ3n) is 1.70. The zero-order chi connectivity index (χ0) is 8.10. The fourth-order valence-electron chi connectivity index (χ4n) is 1.01. The molecule has 0 fully saturated rings. The van der Waals surface area contributed by atoms with E-state index >= 15 is 0 Å². The van der Waals surface area contributed by atoms with Gasteiger partial charge in [0.25, 0.3) is 0 Å². The number of nitrogens with one attached hydrogen (secondary N) is 1. The zero-order valence-corrected chi connectivity index (χ0v) is 6.33. The summed E-state index contributed by atoms with van der Waals surface area (Å²) in [5, 5.41) is 17.5. The van der Waals surface area contributed by atoms with Crippen molar-refractivity contribution in [3.63, 3.8) is 0 Å². The van der Waals surface area contributed by atoms with Crippen LogP contribution in [0.2, 0.25) is 0 Å². The van der Waals surface area contributed by atoms with E-state index < -0.39 is 0 Å². The molecule has 1 aromatic rings. The SMILES string of the molecule is OCC(CO)Cc1cc[nH]c1. The standard InChI is InChI=1S/C8H13NO2/c10-5-8(6-11)3-7-1-2-9-4-7/h1-2,4,8-11H,3,5-6H2. The maximum absolute atomic E-state index is 8.75. The van der Waals surface area contributed by atoms with Gasteiger partial charge in [0.05, 0.1) is 0 Å². The summed E-state index contributed by atoms with van der Waals surface area (Å²) in [6.07, 6.45) is 4.44. The van der Waals surface area contributed by atoms with Gasteiger partial charge in [0.1, 0.15) is 0 Å². The first-order valence-corrected chi connectivity index (χ1v) is 3.70. The van der Waals surface area contributed by atoms with Crippen LogP contribution < -0.4 is 0 Å². The highest BCUT2D eigenvalue weighted by Gasteiger charge is 2.06. The Labute approximate surface area is 65.7 Å². The lowest BCUT2D eigenvalue weighted by atomic mass is 10.0. The molecule has 0 aliphatic heterocycles. The fraction of sp³-hybridized carbons (Fsp3) is 0.500. The Morgan fingerprint density at radius 1 is 1.36 bits per heavy atom. The Kier molecular flexibility index (Phi) is 3.14. The van der Waals surface area contributed by atoms with Crippen LogP contribution >= 0.6 is 0 Å². The molecule has 0 bridgehead atoms. The van der Waals surface area contributed by atoms with Gasteiger partial charge in [-0.05, 0) is 18.1 Å². The minimum atomic E-state index is -0.0224. The zero-order valence-electron chi connectivity index (χ0n) is 6.33. The minimum absolute atomic E-state index is 0.0224. The van der Waals surface area contributed by atoms with E-state index in [1.807, 2.05) is 18.5 Å². The van der Waals surface area contributed by atoms with Crippen LogP contribution in [0.1, 0.15) is 5.56 Å². The van der Waals surface area contributed by atoms with E-state index in [1.54, 1.807) is 0 Å². The molecular weight excluding hydrogens is 142 g/mol. The van der Waals surface area contributed by atoms with Gasteiger partial charge in [0.15, 0.2) is 0 Å². The summed E-state index contributed by atoms with van der Waals surface area (Å²) in [6, 6.07) is 1.94. The van der Waals surface area contributed by atoms with E-state index in [0.29, 0.717) is 0 Å². The molecule has 3 N–H and O–H groups in total. The van der Waals surface area contributed by atoms with Gasteiger partial charge < -0.3 is 15.2 Å². The largest absolute Gasteiger partial charge is 0.396 e. The monoisotopic (exact) mass is 155 g/mol. The van der Waals surface area contributed by atoms with Crippen molar-refractivity contribution >= 4 is 0 Å². The van der Waals surface area contributed by atoms with E-state index in [-0.39, 0.29) is 19.1 Å². The van der Waals surface area contributed by atoms with Gasteiger partial charge in [0, 0.05) is 31.5 Å². The summed E-state index contributed by atoms with van der Waals surface area (Å²) in [4.78, 5) is 2.92. The normalized spacial score (nSPS) is 10.8. The first-order valence-electron chi connectivity index (χ1n) is 3.70. The van der Waals surface area contributed by atoms with Crippen molar-refractivity contribution in [2.75, 3.05) is 13.2 Å². The van der Waals surface area contributed by atoms with Crippen molar-refractivity contribution in [1.29, 1.82) is 0 Å². The first-order chi connectivity index (χ1) is 5.36. The molecule has 1 heterocycles. The molecule has 0 radical (unpaired) electrons. The summed E-state index contributed by atoms with van der Waals surface area (Å²) in [6.45, 7) is 0.0867. The molecule has 0 aliphatic rings. The van der Waals surface area contributed by atoms with E-state index in [0.717, 1.165) is 12.0 Å². The molecule has 0 atom stereocenters. The van der Waals surface area contributed by atoms with Crippen LogP contribution in [0.4, 0.5) is 0 Å². The van der Waals surface area contributed by atoms with E-state index in [4.69, 9.17) is 10.2 Å². The lowest BCUT2D eigenvalue weighted by Crippen LogP contribution is -2.13. The molecule has 0 spiro atoms. The maximum atomic E-state index is 8.75. The summed E-state index contributed by atoms with van der Waals surface area (Å²) < 4.78 is 0. The number of H-pyrrole nitrogens is 1. The lowest BCUT2D eigenvalue weighted by Gasteiger charge is -2.07. The van der Waals surface area contributed by atoms with E-state index in [1.165, 1.54) is 0 Å². The minimum Gasteiger partial charge on any atom is -0.396 e. The van der Waals surface area contributed by atoms with Crippen LogP contribution in [-0.2, 0) is 6.42 Å². The molecule has 0 unspecified atom stereocenters. The third-order valence-corrected chi connectivity index (χ3v) is 1.70. The second kappa shape index (κ2) is 4.16. The Morgan fingerprint density at radius 3 is 2.55 bits per heavy atom. The second-order valence-electron chi connectivity index (χ2n) is 2.65. The number of aromatic nitrogens is 1. The van der Waals surface area contributed by atoms with Gasteiger partial charge in [-0.2, -0.15) is 0 Å². The van der Waals surface area contributed by atoms with Gasteiger partial charge in [-0.15, -0.1) is 0 Å². The average Bonchev–Trinajstić information content (AvgIpc) is 2.52. The average molecular weight is 155 g/mol. The van der Waals surface area contributed by atoms with Gasteiger partial charge in [-0.1, -0.05) is 0 Å². The molecular formula is C8H13NO2. The molecule has 0 aromatic carbocycles. The third kappa shape index (κ3) is 2.37. The predicted octanol–water partition coefficient (Wildman–Crippen LogP) is 0.158. The number of aliphatic hydroxyl groups excluding tert-OH is 2. The quantitative estimate of drug-likeness (QED) is 0.580. The van der Waals surface area contributed by atoms with Crippen LogP contribution in [-0.4, -0.2) is 28.4 Å². The summed E-state index contributed by atoms with van der Waals surface area (Å²) in [7, 11) is 0. The van der Waals surface area contributed by atoms with Crippen molar-refractivity contribution in [3.05, 3.63) is 24.0 Å². The number of hydrogen-bond acceptors (Lipinski definition) is 2. The van der Waals surface area contributed by atoms with E-state index in [2.05, 4.69) is 4.98 Å².